The van der Waals surface area contributed by atoms with Gasteiger partial charge in [-0.25, -0.2) is 8.78 Å². The maximum absolute atomic E-state index is 12.1. The van der Waals surface area contributed by atoms with E-state index in [2.05, 4.69) is 20.9 Å². The second-order valence-electron chi connectivity index (χ2n) is 2.16. The standard InChI is InChI=1S/C6H5BBrF2N/c7-4-1-3(8)2-11-5(4)6(9)10/h1-2,6H,7H2. The summed E-state index contributed by atoms with van der Waals surface area (Å²) in [5.74, 6) is 0. The van der Waals surface area contributed by atoms with Crippen LogP contribution in [0.25, 0.3) is 0 Å². The number of nitrogens with zero attached hydrogens (tertiary/aromatic N) is 1. The van der Waals surface area contributed by atoms with E-state index < -0.39 is 6.43 Å². The molecule has 0 bridgehead atoms. The highest BCUT2D eigenvalue weighted by Crippen LogP contribution is 2.15. The molecule has 1 nitrogen and oxygen atoms in total. The molecule has 0 N–H and O–H groups in total. The van der Waals surface area contributed by atoms with E-state index in [0.29, 0.717) is 5.46 Å². The highest BCUT2D eigenvalue weighted by Gasteiger charge is 2.10. The minimum absolute atomic E-state index is 0.145. The van der Waals surface area contributed by atoms with Gasteiger partial charge in [-0.05, 0) is 15.9 Å². The molecule has 11 heavy (non-hydrogen) atoms. The van der Waals surface area contributed by atoms with Crippen LogP contribution in [-0.2, 0) is 0 Å². The van der Waals surface area contributed by atoms with Crippen molar-refractivity contribution in [2.24, 2.45) is 0 Å². The highest BCUT2D eigenvalue weighted by molar-refractivity contribution is 9.10. The molecule has 0 amide bonds. The fraction of sp³-hybridized carbons (Fsp3) is 0.167. The zero-order valence-corrected chi connectivity index (χ0v) is 7.40. The Kier molecular flexibility index (Phi) is 2.60. The van der Waals surface area contributed by atoms with Gasteiger partial charge < -0.3 is 0 Å². The number of alkyl halides is 2. The SMILES string of the molecule is Bc1cc(Br)cnc1C(F)F. The monoisotopic (exact) mass is 219 g/mol. The first-order chi connectivity index (χ1) is 5.11. The second kappa shape index (κ2) is 3.30. The summed E-state index contributed by atoms with van der Waals surface area (Å²) >= 11 is 3.14. The van der Waals surface area contributed by atoms with Crippen molar-refractivity contribution >= 4 is 29.2 Å². The third-order valence-corrected chi connectivity index (χ3v) is 1.73. The number of pyridine rings is 1. The van der Waals surface area contributed by atoms with Gasteiger partial charge in [-0.2, -0.15) is 0 Å². The summed E-state index contributed by atoms with van der Waals surface area (Å²) in [6, 6.07) is 1.62. The Balaban J connectivity index is 3.09. The molecule has 1 heterocycles. The smallest absolute Gasteiger partial charge is 0.255 e. The first-order valence-electron chi connectivity index (χ1n) is 3.01. The van der Waals surface area contributed by atoms with Crippen LogP contribution in [0.4, 0.5) is 8.78 Å². The van der Waals surface area contributed by atoms with Crippen LogP contribution in [0, 0.1) is 0 Å². The molecule has 0 saturated heterocycles. The van der Waals surface area contributed by atoms with E-state index in [4.69, 9.17) is 0 Å². The summed E-state index contributed by atoms with van der Waals surface area (Å²) in [7, 11) is 1.61. The van der Waals surface area contributed by atoms with Gasteiger partial charge in [0, 0.05) is 10.7 Å². The third-order valence-electron chi connectivity index (χ3n) is 1.29. The third kappa shape index (κ3) is 1.99. The summed E-state index contributed by atoms with van der Waals surface area (Å²) in [4.78, 5) is 3.58. The van der Waals surface area contributed by atoms with Gasteiger partial charge in [0.05, 0.1) is 5.69 Å². The molecule has 0 atom stereocenters. The summed E-state index contributed by atoms with van der Waals surface area (Å²) in [5, 5.41) is 0. The van der Waals surface area contributed by atoms with Crippen LogP contribution in [0.3, 0.4) is 0 Å². The maximum atomic E-state index is 12.1. The van der Waals surface area contributed by atoms with Gasteiger partial charge in [0.15, 0.2) is 0 Å². The van der Waals surface area contributed by atoms with Crippen molar-refractivity contribution in [1.82, 2.24) is 4.98 Å². The summed E-state index contributed by atoms with van der Waals surface area (Å²) < 4.78 is 24.9. The molecule has 0 radical (unpaired) electrons. The fourth-order valence-electron chi connectivity index (χ4n) is 0.780. The van der Waals surface area contributed by atoms with E-state index in [1.807, 2.05) is 0 Å². The lowest BCUT2D eigenvalue weighted by Crippen LogP contribution is -2.12. The lowest BCUT2D eigenvalue weighted by atomic mass is 9.95. The van der Waals surface area contributed by atoms with E-state index in [0.717, 1.165) is 4.47 Å². The average molecular weight is 220 g/mol. The largest absolute Gasteiger partial charge is 0.279 e. The number of aromatic nitrogens is 1. The zero-order valence-electron chi connectivity index (χ0n) is 5.81. The lowest BCUT2D eigenvalue weighted by Gasteiger charge is -2.02. The molecule has 0 unspecified atom stereocenters. The van der Waals surface area contributed by atoms with Gasteiger partial charge in [-0.1, -0.05) is 11.5 Å². The molecule has 0 aliphatic heterocycles. The number of hydrogen-bond donors (Lipinski definition) is 0. The maximum Gasteiger partial charge on any atom is 0.279 e. The predicted molar refractivity (Wildman–Crippen MR) is 45.1 cm³/mol. The Hall–Kier alpha value is -0.445. The first-order valence-corrected chi connectivity index (χ1v) is 3.80. The normalized spacial score (nSPS) is 10.5. The minimum Gasteiger partial charge on any atom is -0.255 e. The summed E-state index contributed by atoms with van der Waals surface area (Å²) in [6.45, 7) is 0. The highest BCUT2D eigenvalue weighted by atomic mass is 79.9. The molecule has 58 valence electrons. The van der Waals surface area contributed by atoms with Crippen molar-refractivity contribution in [2.45, 2.75) is 6.43 Å². The van der Waals surface area contributed by atoms with Crippen molar-refractivity contribution in [2.75, 3.05) is 0 Å². The van der Waals surface area contributed by atoms with Crippen LogP contribution in [0.15, 0.2) is 16.7 Å². The van der Waals surface area contributed by atoms with Gasteiger partial charge in [0.1, 0.15) is 7.85 Å². The Bertz CT molecular complexity index is 267. The molecule has 5 heteroatoms. The minimum atomic E-state index is -2.48. The van der Waals surface area contributed by atoms with Gasteiger partial charge in [-0.15, -0.1) is 0 Å². The molecular formula is C6H5BBrF2N. The molecule has 0 saturated carbocycles. The zero-order chi connectivity index (χ0) is 8.43. The van der Waals surface area contributed by atoms with Crippen molar-refractivity contribution in [3.8, 4) is 0 Å². The molecule has 1 aromatic heterocycles. The van der Waals surface area contributed by atoms with Gasteiger partial charge in [0.25, 0.3) is 6.43 Å². The van der Waals surface area contributed by atoms with Crippen LogP contribution in [0.5, 0.6) is 0 Å². The van der Waals surface area contributed by atoms with Crippen molar-refractivity contribution in [3.05, 3.63) is 22.4 Å². The lowest BCUT2D eigenvalue weighted by molar-refractivity contribution is 0.147. The number of rotatable bonds is 1. The Morgan fingerprint density at radius 1 is 1.55 bits per heavy atom. The van der Waals surface area contributed by atoms with Crippen molar-refractivity contribution < 1.29 is 8.78 Å². The average Bonchev–Trinajstić information content (AvgIpc) is 1.85. The van der Waals surface area contributed by atoms with Crippen LogP contribution >= 0.6 is 15.9 Å². The van der Waals surface area contributed by atoms with Crippen molar-refractivity contribution in [1.29, 1.82) is 0 Å². The molecule has 0 fully saturated rings. The molecular weight excluding hydrogens is 215 g/mol. The van der Waals surface area contributed by atoms with E-state index in [9.17, 15) is 8.78 Å². The second-order valence-corrected chi connectivity index (χ2v) is 3.07. The summed E-state index contributed by atoms with van der Waals surface area (Å²) in [6.07, 6.45) is -1.11. The van der Waals surface area contributed by atoms with E-state index >= 15 is 0 Å². The van der Waals surface area contributed by atoms with E-state index in [-0.39, 0.29) is 5.69 Å². The van der Waals surface area contributed by atoms with Crippen LogP contribution in [0.1, 0.15) is 12.1 Å². The Morgan fingerprint density at radius 2 is 2.18 bits per heavy atom. The number of hydrogen-bond acceptors (Lipinski definition) is 1. The number of halogens is 3. The molecule has 0 aliphatic carbocycles. The predicted octanol–water partition coefficient (Wildman–Crippen LogP) is 1.04. The Labute approximate surface area is 72.4 Å². The molecule has 0 aliphatic rings. The van der Waals surface area contributed by atoms with Gasteiger partial charge in [0.2, 0.25) is 0 Å². The Morgan fingerprint density at radius 3 is 2.64 bits per heavy atom. The topological polar surface area (TPSA) is 12.9 Å². The summed E-state index contributed by atoms with van der Waals surface area (Å²) in [5.41, 5.74) is 0.363. The fourth-order valence-corrected chi connectivity index (χ4v) is 1.23. The van der Waals surface area contributed by atoms with Crippen LogP contribution in [-0.4, -0.2) is 12.8 Å². The first kappa shape index (κ1) is 8.65. The molecule has 1 aromatic rings. The molecule has 0 spiro atoms. The van der Waals surface area contributed by atoms with E-state index in [1.165, 1.54) is 6.20 Å². The van der Waals surface area contributed by atoms with Gasteiger partial charge >= 0.3 is 0 Å². The van der Waals surface area contributed by atoms with Crippen molar-refractivity contribution in [3.63, 3.8) is 0 Å². The molecule has 0 aromatic carbocycles. The quantitative estimate of drug-likeness (QED) is 0.644. The van der Waals surface area contributed by atoms with Gasteiger partial charge in [-0.3, -0.25) is 4.98 Å². The van der Waals surface area contributed by atoms with Crippen LogP contribution in [0.2, 0.25) is 0 Å². The van der Waals surface area contributed by atoms with Crippen LogP contribution < -0.4 is 5.46 Å². The van der Waals surface area contributed by atoms with E-state index in [1.54, 1.807) is 13.9 Å². The molecule has 1 rings (SSSR count).